The molecule has 1 amide bonds. The van der Waals surface area contributed by atoms with E-state index in [1.54, 1.807) is 24.3 Å². The maximum absolute atomic E-state index is 13.4. The van der Waals surface area contributed by atoms with Crippen LogP contribution in [0.15, 0.2) is 59.6 Å². The van der Waals surface area contributed by atoms with Crippen molar-refractivity contribution in [1.82, 2.24) is 4.98 Å². The summed E-state index contributed by atoms with van der Waals surface area (Å²) < 4.78 is 0. The highest BCUT2D eigenvalue weighted by Gasteiger charge is 2.27. The zero-order valence-electron chi connectivity index (χ0n) is 18.0. The highest BCUT2D eigenvalue weighted by atomic mass is 32.2. The molecule has 0 bridgehead atoms. The third-order valence-corrected chi connectivity index (χ3v) is 6.93. The predicted octanol–water partition coefficient (Wildman–Crippen LogP) is 5.43. The van der Waals surface area contributed by atoms with Crippen molar-refractivity contribution in [2.45, 2.75) is 43.4 Å². The second-order valence-corrected chi connectivity index (χ2v) is 8.94. The molecular formula is C26H23N3O2S. The number of aromatic nitrogens is 1. The van der Waals surface area contributed by atoms with Crippen molar-refractivity contribution in [3.63, 3.8) is 0 Å². The number of Topliss-reactive ketones (excluding diaryl/α,β-unsaturated/α-hetero) is 1. The monoisotopic (exact) mass is 441 g/mol. The van der Waals surface area contributed by atoms with Gasteiger partial charge in [0.1, 0.15) is 16.3 Å². The lowest BCUT2D eigenvalue weighted by Gasteiger charge is -2.19. The highest BCUT2D eigenvalue weighted by Crippen LogP contribution is 2.40. The Bertz CT molecular complexity index is 1230. The number of ketones is 1. The van der Waals surface area contributed by atoms with E-state index in [4.69, 9.17) is 4.98 Å². The van der Waals surface area contributed by atoms with Crippen LogP contribution in [0.1, 0.15) is 56.9 Å². The second kappa shape index (κ2) is 9.37. The average Bonchev–Trinajstić information content (AvgIpc) is 3.27. The molecule has 1 aromatic heterocycles. The Hall–Kier alpha value is -3.43. The number of carbonyl (C=O) groups excluding carboxylic acids is 2. The van der Waals surface area contributed by atoms with Gasteiger partial charge in [0.2, 0.25) is 5.91 Å². The molecular weight excluding hydrogens is 418 g/mol. The lowest BCUT2D eigenvalue weighted by Crippen LogP contribution is -2.19. The normalized spacial score (nSPS) is 13.2. The number of carbonyl (C=O) groups is 2. The number of nitrogens with zero attached hydrogens (tertiary/aromatic N) is 2. The summed E-state index contributed by atoms with van der Waals surface area (Å²) in [7, 11) is 0. The quantitative estimate of drug-likeness (QED) is 0.408. The van der Waals surface area contributed by atoms with E-state index >= 15 is 0 Å². The van der Waals surface area contributed by atoms with Crippen LogP contribution in [0.3, 0.4) is 0 Å². The molecule has 1 atom stereocenters. The number of thioether (sulfide) groups is 1. The molecule has 0 saturated heterocycles. The SMILES string of the molecule is CC(=O)c1cccc(NC(=O)C(Sc2nc3c(c(C)c2C#N)CCC3)c2ccccc2)c1. The van der Waals surface area contributed by atoms with E-state index < -0.39 is 5.25 Å². The minimum Gasteiger partial charge on any atom is -0.325 e. The molecule has 1 aliphatic carbocycles. The van der Waals surface area contributed by atoms with E-state index in [9.17, 15) is 14.9 Å². The minimum atomic E-state index is -0.601. The van der Waals surface area contributed by atoms with Crippen molar-refractivity contribution >= 4 is 29.1 Å². The number of amides is 1. The van der Waals surface area contributed by atoms with Crippen LogP contribution < -0.4 is 5.32 Å². The smallest absolute Gasteiger partial charge is 0.242 e. The van der Waals surface area contributed by atoms with Crippen molar-refractivity contribution in [3.05, 3.63) is 88.1 Å². The van der Waals surface area contributed by atoms with Crippen molar-refractivity contribution in [3.8, 4) is 6.07 Å². The van der Waals surface area contributed by atoms with Crippen LogP contribution in [-0.4, -0.2) is 16.7 Å². The molecule has 4 rings (SSSR count). The van der Waals surface area contributed by atoms with E-state index in [2.05, 4.69) is 11.4 Å². The number of rotatable bonds is 6. The van der Waals surface area contributed by atoms with Crippen LogP contribution in [-0.2, 0) is 17.6 Å². The van der Waals surface area contributed by atoms with Gasteiger partial charge < -0.3 is 5.32 Å². The summed E-state index contributed by atoms with van der Waals surface area (Å²) >= 11 is 1.30. The van der Waals surface area contributed by atoms with Crippen LogP contribution >= 0.6 is 11.8 Å². The Balaban J connectivity index is 1.69. The van der Waals surface area contributed by atoms with Crippen LogP contribution in [0.4, 0.5) is 5.69 Å². The van der Waals surface area contributed by atoms with Gasteiger partial charge in [-0.05, 0) is 61.9 Å². The largest absolute Gasteiger partial charge is 0.325 e. The molecule has 1 unspecified atom stereocenters. The maximum atomic E-state index is 13.4. The first-order valence-electron chi connectivity index (χ1n) is 10.5. The van der Waals surface area contributed by atoms with Crippen molar-refractivity contribution in [2.24, 2.45) is 0 Å². The van der Waals surface area contributed by atoms with Gasteiger partial charge in [0.15, 0.2) is 5.78 Å². The molecule has 160 valence electrons. The first-order valence-corrected chi connectivity index (χ1v) is 11.4. The van der Waals surface area contributed by atoms with Gasteiger partial charge in [0.25, 0.3) is 0 Å². The molecule has 0 fully saturated rings. The molecule has 3 aromatic rings. The van der Waals surface area contributed by atoms with Gasteiger partial charge in [-0.3, -0.25) is 9.59 Å². The fraction of sp³-hybridized carbons (Fsp3) is 0.231. The number of pyridine rings is 1. The lowest BCUT2D eigenvalue weighted by atomic mass is 10.0. The number of anilines is 1. The highest BCUT2D eigenvalue weighted by molar-refractivity contribution is 8.00. The molecule has 0 saturated carbocycles. The van der Waals surface area contributed by atoms with Crippen LogP contribution in [0.5, 0.6) is 0 Å². The Labute approximate surface area is 191 Å². The number of fused-ring (bicyclic) bond motifs is 1. The van der Waals surface area contributed by atoms with E-state index in [-0.39, 0.29) is 11.7 Å². The molecule has 1 N–H and O–H groups in total. The van der Waals surface area contributed by atoms with Crippen LogP contribution in [0.25, 0.3) is 0 Å². The number of benzene rings is 2. The van der Waals surface area contributed by atoms with Crippen molar-refractivity contribution in [2.75, 3.05) is 5.32 Å². The van der Waals surface area contributed by atoms with Gasteiger partial charge in [-0.1, -0.05) is 54.2 Å². The van der Waals surface area contributed by atoms with Gasteiger partial charge in [-0.25, -0.2) is 4.98 Å². The maximum Gasteiger partial charge on any atom is 0.242 e. The number of aryl methyl sites for hydroxylation is 1. The summed E-state index contributed by atoms with van der Waals surface area (Å²) in [5.41, 5.74) is 5.64. The molecule has 2 aromatic carbocycles. The van der Waals surface area contributed by atoms with E-state index in [1.807, 2.05) is 37.3 Å². The summed E-state index contributed by atoms with van der Waals surface area (Å²) in [5.74, 6) is -0.294. The third-order valence-electron chi connectivity index (χ3n) is 5.69. The zero-order valence-corrected chi connectivity index (χ0v) is 18.8. The van der Waals surface area contributed by atoms with E-state index in [1.165, 1.54) is 24.2 Å². The van der Waals surface area contributed by atoms with Crippen LogP contribution in [0, 0.1) is 18.3 Å². The van der Waals surface area contributed by atoms with Gasteiger partial charge in [0, 0.05) is 16.9 Å². The van der Waals surface area contributed by atoms with Gasteiger partial charge >= 0.3 is 0 Å². The third kappa shape index (κ3) is 4.44. The van der Waals surface area contributed by atoms with E-state index in [0.717, 1.165) is 36.1 Å². The van der Waals surface area contributed by atoms with Crippen molar-refractivity contribution < 1.29 is 9.59 Å². The summed E-state index contributed by atoms with van der Waals surface area (Å²) in [6, 6.07) is 18.7. The molecule has 1 heterocycles. The molecule has 0 aliphatic heterocycles. The lowest BCUT2D eigenvalue weighted by molar-refractivity contribution is -0.115. The summed E-state index contributed by atoms with van der Waals surface area (Å²) in [4.78, 5) is 29.9. The Morgan fingerprint density at radius 1 is 1.12 bits per heavy atom. The average molecular weight is 442 g/mol. The molecule has 0 radical (unpaired) electrons. The molecule has 1 aliphatic rings. The first kappa shape index (κ1) is 21.8. The summed E-state index contributed by atoms with van der Waals surface area (Å²) in [5, 5.41) is 12.8. The van der Waals surface area contributed by atoms with Gasteiger partial charge in [-0.2, -0.15) is 5.26 Å². The Kier molecular flexibility index (Phi) is 6.38. The molecule has 32 heavy (non-hydrogen) atoms. The Morgan fingerprint density at radius 3 is 2.62 bits per heavy atom. The molecule has 6 heteroatoms. The first-order chi connectivity index (χ1) is 15.5. The standard InChI is InChI=1S/C26H23N3O2S/c1-16-21-12-7-13-23(21)29-26(22(16)15-27)32-24(18-8-4-3-5-9-18)25(31)28-20-11-6-10-19(14-20)17(2)30/h3-6,8-11,14,24H,7,12-13H2,1-2H3,(H,28,31). The number of hydrogen-bond acceptors (Lipinski definition) is 5. The minimum absolute atomic E-state index is 0.0634. The predicted molar refractivity (Wildman–Crippen MR) is 126 cm³/mol. The van der Waals surface area contributed by atoms with Crippen molar-refractivity contribution in [1.29, 1.82) is 5.26 Å². The van der Waals surface area contributed by atoms with Gasteiger partial charge in [0.05, 0.1) is 5.56 Å². The summed E-state index contributed by atoms with van der Waals surface area (Å²) in [6.45, 7) is 3.47. The fourth-order valence-corrected chi connectivity index (χ4v) is 5.16. The van der Waals surface area contributed by atoms with Gasteiger partial charge in [-0.15, -0.1) is 0 Å². The summed E-state index contributed by atoms with van der Waals surface area (Å²) in [6.07, 6.45) is 2.88. The van der Waals surface area contributed by atoms with E-state index in [0.29, 0.717) is 21.8 Å². The fourth-order valence-electron chi connectivity index (χ4n) is 4.00. The molecule has 0 spiro atoms. The molecule has 5 nitrogen and oxygen atoms in total. The zero-order chi connectivity index (χ0) is 22.7. The van der Waals surface area contributed by atoms with Crippen LogP contribution in [0.2, 0.25) is 0 Å². The topological polar surface area (TPSA) is 82.8 Å². The number of nitriles is 1. The Morgan fingerprint density at radius 2 is 1.91 bits per heavy atom. The second-order valence-electron chi connectivity index (χ2n) is 7.84. The number of hydrogen-bond donors (Lipinski definition) is 1. The number of nitrogens with one attached hydrogen (secondary N) is 1.